The molecule has 2 saturated carbocycles. The number of Topliss-reactive ketones (excluding diaryl/α,β-unsaturated/α-hetero) is 1. The predicted octanol–water partition coefficient (Wildman–Crippen LogP) is 4.24. The third-order valence-corrected chi connectivity index (χ3v) is 7.37. The largest absolute Gasteiger partial charge is 0.508 e. The first-order chi connectivity index (χ1) is 13.9. The van der Waals surface area contributed by atoms with Crippen LogP contribution in [0.3, 0.4) is 0 Å². The van der Waals surface area contributed by atoms with E-state index >= 15 is 0 Å². The van der Waals surface area contributed by atoms with E-state index in [1.165, 1.54) is 0 Å². The molecule has 3 aliphatic rings. The number of carbonyl (C=O) groups is 1. The van der Waals surface area contributed by atoms with Crippen LogP contribution in [-0.2, 0) is 10.3 Å². The van der Waals surface area contributed by atoms with Crippen LogP contribution >= 0.6 is 0 Å². The van der Waals surface area contributed by atoms with E-state index in [0.717, 1.165) is 54.4 Å². The molecule has 5 rings (SSSR count). The van der Waals surface area contributed by atoms with Gasteiger partial charge < -0.3 is 10.8 Å². The number of fused-ring (bicyclic) bond motifs is 1. The minimum atomic E-state index is -0.677. The van der Waals surface area contributed by atoms with Gasteiger partial charge in [0.15, 0.2) is 5.78 Å². The topological polar surface area (TPSA) is 75.3 Å². The lowest BCUT2D eigenvalue weighted by molar-refractivity contribution is -0.136. The molecule has 0 aromatic heterocycles. The smallest absolute Gasteiger partial charge is 0.164 e. The van der Waals surface area contributed by atoms with E-state index in [-0.39, 0.29) is 23.2 Å². The number of rotatable bonds is 5. The Morgan fingerprint density at radius 2 is 1.97 bits per heavy atom. The zero-order chi connectivity index (χ0) is 20.4. The number of aromatic hydroxyl groups is 1. The van der Waals surface area contributed by atoms with E-state index in [4.69, 9.17) is 5.73 Å². The highest BCUT2D eigenvalue weighted by Gasteiger charge is 2.72. The molecule has 152 valence electrons. The third kappa shape index (κ3) is 2.77. The Morgan fingerprint density at radius 3 is 2.66 bits per heavy atom. The fourth-order valence-electron chi connectivity index (χ4n) is 5.88. The van der Waals surface area contributed by atoms with E-state index in [1.807, 2.05) is 19.1 Å². The van der Waals surface area contributed by atoms with Crippen molar-refractivity contribution in [2.45, 2.75) is 57.7 Å². The van der Waals surface area contributed by atoms with Crippen molar-refractivity contribution in [3.05, 3.63) is 53.6 Å². The van der Waals surface area contributed by atoms with Crippen molar-refractivity contribution in [3.8, 4) is 16.9 Å². The summed E-state index contributed by atoms with van der Waals surface area (Å²) in [6.45, 7) is 4.14. The molecule has 4 unspecified atom stereocenters. The summed E-state index contributed by atoms with van der Waals surface area (Å²) in [5.41, 5.74) is 9.68. The van der Waals surface area contributed by atoms with Gasteiger partial charge in [0.1, 0.15) is 11.3 Å². The highest BCUT2D eigenvalue weighted by atomic mass is 16.3. The number of ketones is 1. The molecule has 2 aromatic carbocycles. The van der Waals surface area contributed by atoms with Crippen LogP contribution in [-0.4, -0.2) is 17.1 Å². The average molecular weight is 391 g/mol. The number of phenolic OH excluding ortho intramolecular Hbond substituents is 1. The van der Waals surface area contributed by atoms with Gasteiger partial charge in [0.2, 0.25) is 0 Å². The highest BCUT2D eigenvalue weighted by Crippen LogP contribution is 2.65. The predicted molar refractivity (Wildman–Crippen MR) is 114 cm³/mol. The van der Waals surface area contributed by atoms with Crippen molar-refractivity contribution in [3.63, 3.8) is 0 Å². The lowest BCUT2D eigenvalue weighted by Gasteiger charge is -2.44. The van der Waals surface area contributed by atoms with Gasteiger partial charge in [-0.25, -0.2) is 0 Å². The van der Waals surface area contributed by atoms with Crippen molar-refractivity contribution in [1.82, 2.24) is 5.32 Å². The minimum Gasteiger partial charge on any atom is -0.508 e. The van der Waals surface area contributed by atoms with E-state index < -0.39 is 5.54 Å². The first-order valence-electron chi connectivity index (χ1n) is 10.9. The Balaban J connectivity index is 1.62. The van der Waals surface area contributed by atoms with E-state index in [9.17, 15) is 9.90 Å². The number of aryl methyl sites for hydroxylation is 1. The van der Waals surface area contributed by atoms with Crippen LogP contribution in [0.5, 0.6) is 5.75 Å². The molecule has 4 N–H and O–H groups in total. The summed E-state index contributed by atoms with van der Waals surface area (Å²) in [6.07, 6.45) is 4.87. The Labute approximate surface area is 172 Å². The van der Waals surface area contributed by atoms with E-state index in [2.05, 4.69) is 30.4 Å². The van der Waals surface area contributed by atoms with Gasteiger partial charge in [-0.05, 0) is 79.0 Å². The molecule has 1 saturated heterocycles. The Hall–Kier alpha value is -2.17. The Bertz CT molecular complexity index is 962. The molecular weight excluding hydrogens is 360 g/mol. The van der Waals surface area contributed by atoms with Crippen LogP contribution in [0.2, 0.25) is 0 Å². The monoisotopic (exact) mass is 390 g/mol. The van der Waals surface area contributed by atoms with Crippen LogP contribution in [0, 0.1) is 24.2 Å². The van der Waals surface area contributed by atoms with E-state index in [0.29, 0.717) is 11.7 Å². The summed E-state index contributed by atoms with van der Waals surface area (Å²) >= 11 is 0. The van der Waals surface area contributed by atoms with E-state index in [1.54, 1.807) is 12.1 Å². The van der Waals surface area contributed by atoms with Crippen molar-refractivity contribution in [1.29, 1.82) is 0 Å². The maximum atomic E-state index is 14.0. The van der Waals surface area contributed by atoms with Crippen LogP contribution in [0.1, 0.15) is 50.2 Å². The summed E-state index contributed by atoms with van der Waals surface area (Å²) in [5, 5.41) is 13.7. The number of nitrogens with two attached hydrogens (primary N) is 1. The van der Waals surface area contributed by atoms with Crippen molar-refractivity contribution >= 4 is 5.78 Å². The fraction of sp³-hybridized carbons (Fsp3) is 0.480. The van der Waals surface area contributed by atoms with Crippen LogP contribution in [0.4, 0.5) is 0 Å². The molecule has 1 heterocycles. The first-order valence-corrected chi connectivity index (χ1v) is 10.9. The number of benzene rings is 2. The summed E-state index contributed by atoms with van der Waals surface area (Å²) < 4.78 is 0. The summed E-state index contributed by atoms with van der Waals surface area (Å²) in [5.74, 6) is 1.22. The molecule has 0 spiro atoms. The SMILES string of the molecule is CCCC12CC1C(N)NC(c1cccc(-c3cc(C)cc(O)c3)c1)(C1CC1)C2=O. The van der Waals surface area contributed by atoms with Gasteiger partial charge in [-0.3, -0.25) is 10.1 Å². The lowest BCUT2D eigenvalue weighted by atomic mass is 9.69. The highest BCUT2D eigenvalue weighted by molar-refractivity contribution is 5.99. The molecule has 1 aliphatic heterocycles. The van der Waals surface area contributed by atoms with Crippen LogP contribution in [0.25, 0.3) is 11.1 Å². The standard InChI is InChI=1S/C25H30N2O2/c1-3-9-24-14-21(24)22(26)27-25(23(24)29,18-7-8-18)19-6-4-5-16(12-19)17-10-15(2)11-20(28)13-17/h4-6,10-13,18,21-22,27-28H,3,7-9,14,26H2,1-2H3. The molecular formula is C25H30N2O2. The maximum absolute atomic E-state index is 14.0. The van der Waals surface area contributed by atoms with Crippen LogP contribution < -0.4 is 11.1 Å². The van der Waals surface area contributed by atoms with Gasteiger partial charge in [-0.15, -0.1) is 0 Å². The van der Waals surface area contributed by atoms with Gasteiger partial charge in [0.25, 0.3) is 0 Å². The van der Waals surface area contributed by atoms with Gasteiger partial charge >= 0.3 is 0 Å². The first kappa shape index (κ1) is 18.8. The second-order valence-corrected chi connectivity index (χ2v) is 9.44. The number of piperidine rings is 1. The maximum Gasteiger partial charge on any atom is 0.164 e. The lowest BCUT2D eigenvalue weighted by Crippen LogP contribution is -2.64. The molecule has 2 aliphatic carbocycles. The number of hydrogen-bond acceptors (Lipinski definition) is 4. The summed E-state index contributed by atoms with van der Waals surface area (Å²) in [6, 6.07) is 13.9. The number of carbonyl (C=O) groups excluding carboxylic acids is 1. The Morgan fingerprint density at radius 1 is 1.17 bits per heavy atom. The fourth-order valence-corrected chi connectivity index (χ4v) is 5.88. The third-order valence-electron chi connectivity index (χ3n) is 7.37. The van der Waals surface area contributed by atoms with Crippen molar-refractivity contribution < 1.29 is 9.90 Å². The average Bonchev–Trinajstić information content (AvgIpc) is 3.59. The van der Waals surface area contributed by atoms with Gasteiger partial charge in [-0.1, -0.05) is 37.6 Å². The second kappa shape index (κ2) is 6.41. The molecule has 4 atom stereocenters. The Kier molecular flexibility index (Phi) is 4.17. The van der Waals surface area contributed by atoms with Crippen molar-refractivity contribution in [2.24, 2.45) is 23.0 Å². The van der Waals surface area contributed by atoms with Crippen molar-refractivity contribution in [2.75, 3.05) is 0 Å². The molecule has 2 aromatic rings. The quantitative estimate of drug-likeness (QED) is 0.714. The summed E-state index contributed by atoms with van der Waals surface area (Å²) in [4.78, 5) is 14.0. The van der Waals surface area contributed by atoms with Gasteiger partial charge in [0.05, 0.1) is 6.17 Å². The molecule has 4 heteroatoms. The van der Waals surface area contributed by atoms with Gasteiger partial charge in [-0.2, -0.15) is 0 Å². The second-order valence-electron chi connectivity index (χ2n) is 9.44. The number of hydrogen-bond donors (Lipinski definition) is 3. The number of nitrogens with one attached hydrogen (secondary N) is 1. The number of phenols is 1. The minimum absolute atomic E-state index is 0.133. The van der Waals surface area contributed by atoms with Gasteiger partial charge in [0, 0.05) is 11.3 Å². The molecule has 29 heavy (non-hydrogen) atoms. The molecule has 0 amide bonds. The molecule has 4 nitrogen and oxygen atoms in total. The van der Waals surface area contributed by atoms with Crippen LogP contribution in [0.15, 0.2) is 42.5 Å². The zero-order valence-corrected chi connectivity index (χ0v) is 17.2. The summed E-state index contributed by atoms with van der Waals surface area (Å²) in [7, 11) is 0. The molecule has 0 bridgehead atoms. The normalized spacial score (nSPS) is 33.4. The zero-order valence-electron chi connectivity index (χ0n) is 17.2. The molecule has 0 radical (unpaired) electrons. The molecule has 3 fully saturated rings.